The molecule has 142 valence electrons. The van der Waals surface area contributed by atoms with E-state index in [0.29, 0.717) is 28.7 Å². The second kappa shape index (κ2) is 7.52. The maximum atomic E-state index is 12.6. The van der Waals surface area contributed by atoms with Crippen molar-refractivity contribution in [3.8, 4) is 11.3 Å². The monoisotopic (exact) mass is 395 g/mol. The normalized spacial score (nSPS) is 15.2. The fourth-order valence-electron chi connectivity index (χ4n) is 3.24. The van der Waals surface area contributed by atoms with Crippen LogP contribution in [0.2, 0.25) is 5.02 Å². The van der Waals surface area contributed by atoms with Crippen molar-refractivity contribution in [3.63, 3.8) is 0 Å². The zero-order valence-electron chi connectivity index (χ0n) is 15.2. The predicted molar refractivity (Wildman–Crippen MR) is 105 cm³/mol. The molecule has 5 nitrogen and oxygen atoms in total. The molecule has 2 heterocycles. The Kier molecular flexibility index (Phi) is 4.92. The summed E-state index contributed by atoms with van der Waals surface area (Å²) in [7, 11) is 1.70. The summed E-state index contributed by atoms with van der Waals surface area (Å²) in [6, 6.07) is 18.2. The zero-order valence-corrected chi connectivity index (χ0v) is 16.0. The van der Waals surface area contributed by atoms with Crippen LogP contribution in [-0.2, 0) is 16.1 Å². The molecule has 1 aliphatic rings. The number of amides is 1. The molecule has 0 saturated heterocycles. The Morgan fingerprint density at radius 3 is 2.61 bits per heavy atom. The number of halogens is 1. The summed E-state index contributed by atoms with van der Waals surface area (Å²) in [5.74, 6) is 0.879. The van der Waals surface area contributed by atoms with Gasteiger partial charge in [-0.15, -0.1) is 0 Å². The number of carbonyl (C=O) groups excluding carboxylic acids is 2. The van der Waals surface area contributed by atoms with E-state index in [1.807, 2.05) is 36.4 Å². The fraction of sp³-hybridized carbons (Fsp3) is 0.182. The van der Waals surface area contributed by atoms with Crippen LogP contribution >= 0.6 is 11.6 Å². The molecular weight excluding hydrogens is 378 g/mol. The highest BCUT2D eigenvalue weighted by atomic mass is 35.5. The van der Waals surface area contributed by atoms with Crippen LogP contribution in [0.15, 0.2) is 65.1 Å². The minimum atomic E-state index is -0.542. The molecule has 4 rings (SSSR count). The number of benzene rings is 2. The molecule has 2 aromatic carbocycles. The van der Waals surface area contributed by atoms with E-state index in [4.69, 9.17) is 20.8 Å². The van der Waals surface area contributed by atoms with Gasteiger partial charge in [0.1, 0.15) is 17.6 Å². The largest absolute Gasteiger partial charge is 0.459 e. The number of hydrogen-bond donors (Lipinski definition) is 0. The average Bonchev–Trinajstić information content (AvgIpc) is 3.28. The summed E-state index contributed by atoms with van der Waals surface area (Å²) < 4.78 is 11.2. The van der Waals surface area contributed by atoms with E-state index in [-0.39, 0.29) is 18.3 Å². The quantitative estimate of drug-likeness (QED) is 0.579. The summed E-state index contributed by atoms with van der Waals surface area (Å²) in [6.07, 6.45) is -0.441. The standard InChI is InChI=1S/C22H18ClNO4/c1-24(13-16-10-11-19(27-16)14-6-8-15(23)9-7-14)21(25)12-20-17-4-2-3-5-18(17)22(26)28-20/h2-11,20H,12-13H2,1H3/t20-/m1/s1. The lowest BCUT2D eigenvalue weighted by atomic mass is 10.0. The molecule has 6 heteroatoms. The Bertz CT molecular complexity index is 1030. The highest BCUT2D eigenvalue weighted by Gasteiger charge is 2.32. The molecule has 0 bridgehead atoms. The van der Waals surface area contributed by atoms with Gasteiger partial charge >= 0.3 is 5.97 Å². The van der Waals surface area contributed by atoms with E-state index in [2.05, 4.69) is 0 Å². The first-order valence-electron chi connectivity index (χ1n) is 8.90. The van der Waals surface area contributed by atoms with Crippen molar-refractivity contribution >= 4 is 23.5 Å². The summed E-state index contributed by atoms with van der Waals surface area (Å²) in [5, 5.41) is 0.662. The number of ether oxygens (including phenoxy) is 1. The zero-order chi connectivity index (χ0) is 19.7. The van der Waals surface area contributed by atoms with Gasteiger partial charge in [0.15, 0.2) is 0 Å². The summed E-state index contributed by atoms with van der Waals surface area (Å²) in [6.45, 7) is 0.328. The Morgan fingerprint density at radius 1 is 1.07 bits per heavy atom. The molecule has 28 heavy (non-hydrogen) atoms. The van der Waals surface area contributed by atoms with Crippen molar-refractivity contribution in [1.29, 1.82) is 0 Å². The molecule has 1 aliphatic heterocycles. The van der Waals surface area contributed by atoms with Crippen LogP contribution in [0.3, 0.4) is 0 Å². The first-order chi connectivity index (χ1) is 13.5. The third kappa shape index (κ3) is 3.66. The van der Waals surface area contributed by atoms with E-state index in [1.54, 1.807) is 36.2 Å². The van der Waals surface area contributed by atoms with Crippen molar-refractivity contribution in [1.82, 2.24) is 4.90 Å². The average molecular weight is 396 g/mol. The SMILES string of the molecule is CN(Cc1ccc(-c2ccc(Cl)cc2)o1)C(=O)C[C@H]1OC(=O)c2ccccc21. The number of fused-ring (bicyclic) bond motifs is 1. The summed E-state index contributed by atoms with van der Waals surface area (Å²) in [5.41, 5.74) is 2.21. The Balaban J connectivity index is 1.40. The Morgan fingerprint density at radius 2 is 1.82 bits per heavy atom. The van der Waals surface area contributed by atoms with Gasteiger partial charge < -0.3 is 14.1 Å². The molecule has 3 aromatic rings. The number of cyclic esters (lactones) is 1. The van der Waals surface area contributed by atoms with E-state index in [1.165, 1.54) is 0 Å². The number of nitrogens with zero attached hydrogens (tertiary/aromatic N) is 1. The van der Waals surface area contributed by atoms with Gasteiger partial charge in [-0.25, -0.2) is 4.79 Å². The van der Waals surface area contributed by atoms with Gasteiger partial charge in [-0.05, 0) is 42.5 Å². The van der Waals surface area contributed by atoms with Crippen LogP contribution in [-0.4, -0.2) is 23.8 Å². The topological polar surface area (TPSA) is 59.8 Å². The van der Waals surface area contributed by atoms with E-state index < -0.39 is 6.10 Å². The summed E-state index contributed by atoms with van der Waals surface area (Å²) in [4.78, 5) is 26.1. The second-order valence-electron chi connectivity index (χ2n) is 6.71. The second-order valence-corrected chi connectivity index (χ2v) is 7.14. The van der Waals surface area contributed by atoms with Crippen LogP contribution in [0.5, 0.6) is 0 Å². The van der Waals surface area contributed by atoms with E-state index in [9.17, 15) is 9.59 Å². The molecule has 0 fully saturated rings. The predicted octanol–water partition coefficient (Wildman–Crippen LogP) is 4.86. The van der Waals surface area contributed by atoms with Crippen LogP contribution in [0.4, 0.5) is 0 Å². The molecule has 0 unspecified atom stereocenters. The molecule has 0 N–H and O–H groups in total. The van der Waals surface area contributed by atoms with Crippen LogP contribution in [0, 0.1) is 0 Å². The van der Waals surface area contributed by atoms with Gasteiger partial charge in [0.05, 0.1) is 18.5 Å². The first kappa shape index (κ1) is 18.3. The van der Waals surface area contributed by atoms with Gasteiger partial charge in [-0.1, -0.05) is 29.8 Å². The molecule has 0 aliphatic carbocycles. The Labute approximate surface area is 167 Å². The lowest BCUT2D eigenvalue weighted by Gasteiger charge is -2.18. The van der Waals surface area contributed by atoms with Crippen molar-refractivity contribution < 1.29 is 18.7 Å². The van der Waals surface area contributed by atoms with Gasteiger partial charge in [0.25, 0.3) is 0 Å². The highest BCUT2D eigenvalue weighted by Crippen LogP contribution is 2.33. The smallest absolute Gasteiger partial charge is 0.339 e. The lowest BCUT2D eigenvalue weighted by molar-refractivity contribution is -0.132. The van der Waals surface area contributed by atoms with Crippen molar-refractivity contribution in [2.24, 2.45) is 0 Å². The first-order valence-corrected chi connectivity index (χ1v) is 9.27. The maximum Gasteiger partial charge on any atom is 0.339 e. The number of hydrogen-bond acceptors (Lipinski definition) is 4. The van der Waals surface area contributed by atoms with Crippen LogP contribution in [0.1, 0.15) is 34.2 Å². The Hall–Kier alpha value is -3.05. The number of furan rings is 1. The number of rotatable bonds is 5. The molecule has 1 amide bonds. The minimum Gasteiger partial charge on any atom is -0.459 e. The highest BCUT2D eigenvalue weighted by molar-refractivity contribution is 6.30. The molecule has 1 atom stereocenters. The lowest BCUT2D eigenvalue weighted by Crippen LogP contribution is -2.27. The third-order valence-electron chi connectivity index (χ3n) is 4.75. The van der Waals surface area contributed by atoms with Crippen molar-refractivity contribution in [2.45, 2.75) is 19.1 Å². The van der Waals surface area contributed by atoms with Gasteiger partial charge in [0.2, 0.25) is 5.91 Å². The molecule has 0 spiro atoms. The summed E-state index contributed by atoms with van der Waals surface area (Å²) >= 11 is 5.91. The molecular formula is C22H18ClNO4. The third-order valence-corrected chi connectivity index (χ3v) is 5.00. The van der Waals surface area contributed by atoms with Gasteiger partial charge in [0, 0.05) is 23.2 Å². The van der Waals surface area contributed by atoms with Gasteiger partial charge in [-0.2, -0.15) is 0 Å². The molecule has 1 aromatic heterocycles. The van der Waals surface area contributed by atoms with Gasteiger partial charge in [-0.3, -0.25) is 4.79 Å². The molecule has 0 saturated carbocycles. The van der Waals surface area contributed by atoms with E-state index in [0.717, 1.165) is 11.1 Å². The minimum absolute atomic E-state index is 0.101. The van der Waals surface area contributed by atoms with Crippen LogP contribution in [0.25, 0.3) is 11.3 Å². The maximum absolute atomic E-state index is 12.6. The van der Waals surface area contributed by atoms with Crippen LogP contribution < -0.4 is 0 Å². The van der Waals surface area contributed by atoms with Crippen molar-refractivity contribution in [3.05, 3.63) is 82.6 Å². The van der Waals surface area contributed by atoms with Crippen molar-refractivity contribution in [2.75, 3.05) is 7.05 Å². The fourth-order valence-corrected chi connectivity index (χ4v) is 3.37. The number of carbonyl (C=O) groups is 2. The number of esters is 1. The van der Waals surface area contributed by atoms with E-state index >= 15 is 0 Å². The molecule has 0 radical (unpaired) electrons.